The predicted octanol–water partition coefficient (Wildman–Crippen LogP) is 4.37. The molecule has 0 radical (unpaired) electrons. The number of halogens is 2. The summed E-state index contributed by atoms with van der Waals surface area (Å²) in [6.07, 6.45) is 2.41. The number of carboxylic acids is 1. The molecule has 20 heavy (non-hydrogen) atoms. The van der Waals surface area contributed by atoms with E-state index in [4.69, 9.17) is 21.4 Å². The van der Waals surface area contributed by atoms with Crippen molar-refractivity contribution in [2.75, 3.05) is 0 Å². The molecule has 5 heteroatoms. The van der Waals surface area contributed by atoms with Gasteiger partial charge in [-0.1, -0.05) is 29.8 Å². The summed E-state index contributed by atoms with van der Waals surface area (Å²) in [4.78, 5) is 10.5. The Hall–Kier alpha value is -2.33. The van der Waals surface area contributed by atoms with Crippen molar-refractivity contribution in [2.24, 2.45) is 0 Å². The summed E-state index contributed by atoms with van der Waals surface area (Å²) in [5.41, 5.74) is 0.574. The zero-order valence-corrected chi connectivity index (χ0v) is 11.0. The summed E-state index contributed by atoms with van der Waals surface area (Å²) >= 11 is 5.59. The lowest BCUT2D eigenvalue weighted by molar-refractivity contribution is -0.131. The maximum Gasteiger partial charge on any atom is 0.328 e. The van der Waals surface area contributed by atoms with Crippen LogP contribution in [-0.2, 0) is 4.79 Å². The van der Waals surface area contributed by atoms with Crippen LogP contribution in [0, 0.1) is 5.82 Å². The Bertz CT molecular complexity index is 668. The molecule has 0 aromatic heterocycles. The molecule has 2 rings (SSSR count). The highest BCUT2D eigenvalue weighted by molar-refractivity contribution is 6.30. The number of hydrogen-bond acceptors (Lipinski definition) is 2. The van der Waals surface area contributed by atoms with Crippen molar-refractivity contribution < 1.29 is 19.0 Å². The van der Waals surface area contributed by atoms with Crippen LogP contribution in [0.25, 0.3) is 6.08 Å². The number of hydrogen-bond donors (Lipinski definition) is 1. The van der Waals surface area contributed by atoms with E-state index in [1.807, 2.05) is 0 Å². The van der Waals surface area contributed by atoms with Gasteiger partial charge in [-0.05, 0) is 24.3 Å². The van der Waals surface area contributed by atoms with Gasteiger partial charge in [0.05, 0.1) is 5.02 Å². The summed E-state index contributed by atoms with van der Waals surface area (Å²) < 4.78 is 18.9. The minimum atomic E-state index is -1.06. The fourth-order valence-electron chi connectivity index (χ4n) is 1.54. The average molecular weight is 293 g/mol. The van der Waals surface area contributed by atoms with Gasteiger partial charge in [0, 0.05) is 17.7 Å². The lowest BCUT2D eigenvalue weighted by Gasteiger charge is -2.09. The van der Waals surface area contributed by atoms with Gasteiger partial charge in [0.15, 0.2) is 0 Å². The third-order valence-corrected chi connectivity index (χ3v) is 2.75. The molecule has 2 aromatic rings. The first-order valence-electron chi connectivity index (χ1n) is 5.69. The fourth-order valence-corrected chi connectivity index (χ4v) is 1.66. The molecule has 102 valence electrons. The second-order valence-corrected chi connectivity index (χ2v) is 4.29. The number of rotatable bonds is 4. The summed E-state index contributed by atoms with van der Waals surface area (Å²) in [6, 6.07) is 10.9. The highest BCUT2D eigenvalue weighted by atomic mass is 35.5. The molecule has 0 saturated carbocycles. The Morgan fingerprint density at radius 2 is 2.00 bits per heavy atom. The lowest BCUT2D eigenvalue weighted by Crippen LogP contribution is -1.90. The SMILES string of the molecule is O=C(O)C=Cc1ccccc1Oc1ccc(Cl)c(F)c1. The molecule has 1 N–H and O–H groups in total. The van der Waals surface area contributed by atoms with Crippen LogP contribution in [0.2, 0.25) is 5.02 Å². The molecule has 0 atom stereocenters. The zero-order valence-electron chi connectivity index (χ0n) is 10.2. The number of carbonyl (C=O) groups is 1. The van der Waals surface area contributed by atoms with E-state index in [1.54, 1.807) is 24.3 Å². The van der Waals surface area contributed by atoms with E-state index in [2.05, 4.69) is 0 Å². The molecule has 0 aliphatic rings. The predicted molar refractivity (Wildman–Crippen MR) is 74.6 cm³/mol. The largest absolute Gasteiger partial charge is 0.478 e. The first-order valence-corrected chi connectivity index (χ1v) is 6.07. The quantitative estimate of drug-likeness (QED) is 0.851. The molecule has 0 bridgehead atoms. The summed E-state index contributed by atoms with van der Waals surface area (Å²) in [6.45, 7) is 0. The fraction of sp³-hybridized carbons (Fsp3) is 0. The Kier molecular flexibility index (Phi) is 4.38. The van der Waals surface area contributed by atoms with Gasteiger partial charge in [0.1, 0.15) is 17.3 Å². The molecule has 0 spiro atoms. The second-order valence-electron chi connectivity index (χ2n) is 3.89. The molecular formula is C15H10ClFO3. The van der Waals surface area contributed by atoms with Gasteiger partial charge in [-0.15, -0.1) is 0 Å². The van der Waals surface area contributed by atoms with Gasteiger partial charge < -0.3 is 9.84 Å². The Morgan fingerprint density at radius 1 is 1.25 bits per heavy atom. The van der Waals surface area contributed by atoms with Crippen LogP contribution in [0.15, 0.2) is 48.5 Å². The van der Waals surface area contributed by atoms with Crippen LogP contribution in [0.5, 0.6) is 11.5 Å². The van der Waals surface area contributed by atoms with Crippen LogP contribution in [0.3, 0.4) is 0 Å². The van der Waals surface area contributed by atoms with Gasteiger partial charge >= 0.3 is 5.97 Å². The highest BCUT2D eigenvalue weighted by Gasteiger charge is 2.05. The van der Waals surface area contributed by atoms with E-state index < -0.39 is 11.8 Å². The Labute approximate surface area is 119 Å². The normalized spacial score (nSPS) is 10.7. The van der Waals surface area contributed by atoms with Crippen LogP contribution in [-0.4, -0.2) is 11.1 Å². The maximum atomic E-state index is 13.3. The van der Waals surface area contributed by atoms with E-state index in [1.165, 1.54) is 24.3 Å². The maximum absolute atomic E-state index is 13.3. The minimum absolute atomic E-state index is 0.0106. The van der Waals surface area contributed by atoms with Crippen molar-refractivity contribution in [3.8, 4) is 11.5 Å². The number of benzene rings is 2. The molecule has 0 heterocycles. The number of para-hydroxylation sites is 1. The summed E-state index contributed by atoms with van der Waals surface area (Å²) in [5.74, 6) is -0.935. The standard InChI is InChI=1S/C15H10ClFO3/c16-12-7-6-11(9-13(12)17)20-14-4-2-1-3-10(14)5-8-15(18)19/h1-9H,(H,18,19). The summed E-state index contributed by atoms with van der Waals surface area (Å²) in [7, 11) is 0. The third kappa shape index (κ3) is 3.59. The van der Waals surface area contributed by atoms with E-state index in [0.717, 1.165) is 6.08 Å². The van der Waals surface area contributed by atoms with Gasteiger partial charge in [-0.3, -0.25) is 0 Å². The second kappa shape index (κ2) is 6.21. The summed E-state index contributed by atoms with van der Waals surface area (Å²) in [5, 5.41) is 8.64. The molecular weight excluding hydrogens is 283 g/mol. The van der Waals surface area contributed by atoms with E-state index in [0.29, 0.717) is 11.3 Å². The Morgan fingerprint density at radius 3 is 2.70 bits per heavy atom. The van der Waals surface area contributed by atoms with Crippen LogP contribution >= 0.6 is 11.6 Å². The zero-order chi connectivity index (χ0) is 14.5. The van der Waals surface area contributed by atoms with Crippen molar-refractivity contribution in [1.82, 2.24) is 0 Å². The van der Waals surface area contributed by atoms with Crippen molar-refractivity contribution in [2.45, 2.75) is 0 Å². The smallest absolute Gasteiger partial charge is 0.328 e. The number of ether oxygens (including phenoxy) is 1. The molecule has 0 aliphatic carbocycles. The molecule has 3 nitrogen and oxygen atoms in total. The molecule has 0 amide bonds. The molecule has 2 aromatic carbocycles. The Balaban J connectivity index is 2.29. The van der Waals surface area contributed by atoms with Crippen LogP contribution in [0.1, 0.15) is 5.56 Å². The van der Waals surface area contributed by atoms with Gasteiger partial charge in [0.25, 0.3) is 0 Å². The molecule has 0 unspecified atom stereocenters. The average Bonchev–Trinajstić information content (AvgIpc) is 2.42. The minimum Gasteiger partial charge on any atom is -0.478 e. The topological polar surface area (TPSA) is 46.5 Å². The van der Waals surface area contributed by atoms with Crippen molar-refractivity contribution >= 4 is 23.6 Å². The van der Waals surface area contributed by atoms with Crippen molar-refractivity contribution in [3.63, 3.8) is 0 Å². The number of aliphatic carboxylic acids is 1. The number of carboxylic acid groups (broad SMARTS) is 1. The monoisotopic (exact) mass is 292 g/mol. The first-order chi connectivity index (χ1) is 9.56. The van der Waals surface area contributed by atoms with E-state index in [-0.39, 0.29) is 10.8 Å². The van der Waals surface area contributed by atoms with Crippen molar-refractivity contribution in [3.05, 3.63) is 64.9 Å². The molecule has 0 aliphatic heterocycles. The van der Waals surface area contributed by atoms with Gasteiger partial charge in [-0.2, -0.15) is 0 Å². The molecule has 0 saturated heterocycles. The van der Waals surface area contributed by atoms with E-state index >= 15 is 0 Å². The van der Waals surface area contributed by atoms with Gasteiger partial charge in [0.2, 0.25) is 0 Å². The van der Waals surface area contributed by atoms with Gasteiger partial charge in [-0.25, -0.2) is 9.18 Å². The van der Waals surface area contributed by atoms with Crippen molar-refractivity contribution in [1.29, 1.82) is 0 Å². The van der Waals surface area contributed by atoms with Crippen LogP contribution < -0.4 is 4.74 Å². The van der Waals surface area contributed by atoms with Crippen LogP contribution in [0.4, 0.5) is 4.39 Å². The lowest BCUT2D eigenvalue weighted by atomic mass is 10.2. The first kappa shape index (κ1) is 14.1. The third-order valence-electron chi connectivity index (χ3n) is 2.44. The highest BCUT2D eigenvalue weighted by Crippen LogP contribution is 2.28. The molecule has 0 fully saturated rings. The van der Waals surface area contributed by atoms with E-state index in [9.17, 15) is 9.18 Å².